The maximum absolute atomic E-state index is 13.5. The van der Waals surface area contributed by atoms with Crippen molar-refractivity contribution in [3.05, 3.63) is 116 Å². The van der Waals surface area contributed by atoms with Crippen LogP contribution < -0.4 is 11.2 Å². The van der Waals surface area contributed by atoms with Crippen molar-refractivity contribution in [1.29, 1.82) is 0 Å². The lowest BCUT2D eigenvalue weighted by Crippen LogP contribution is -2.52. The largest absolute Gasteiger partial charge is 0.480 e. The standard InChI is InChI=1S/C34H38ClN3O5/c1-34(2,32(40)41)38-31(39)28-16-15-26(35)23-29(28)37(33(38)42)20-10-9-19-36-21-17-27(18-22-36)43-30(24-11-5-3-6-12-24)25-13-7-4-8-14-25/h3-8,11-16,23,27,30H,9-10,17-22H2,1-2H3,(H,40,41). The molecule has 8 nitrogen and oxygen atoms in total. The zero-order valence-corrected chi connectivity index (χ0v) is 25.4. The number of hydrogen-bond donors (Lipinski definition) is 1. The number of rotatable bonds is 11. The number of piperidine rings is 1. The fourth-order valence-corrected chi connectivity index (χ4v) is 5.98. The Morgan fingerprint density at radius 3 is 2.09 bits per heavy atom. The quantitative estimate of drug-likeness (QED) is 0.222. The summed E-state index contributed by atoms with van der Waals surface area (Å²) in [5.41, 5.74) is -0.250. The molecular weight excluding hydrogens is 566 g/mol. The average molecular weight is 604 g/mol. The van der Waals surface area contributed by atoms with Gasteiger partial charge in [-0.1, -0.05) is 72.3 Å². The highest BCUT2D eigenvalue weighted by Gasteiger charge is 2.34. The van der Waals surface area contributed by atoms with Gasteiger partial charge in [-0.3, -0.25) is 9.36 Å². The smallest absolute Gasteiger partial charge is 0.332 e. The molecule has 0 atom stereocenters. The van der Waals surface area contributed by atoms with Crippen molar-refractivity contribution < 1.29 is 14.6 Å². The van der Waals surface area contributed by atoms with Crippen LogP contribution in [0.1, 0.15) is 56.8 Å². The third-order valence-corrected chi connectivity index (χ3v) is 8.60. The fourth-order valence-electron chi connectivity index (χ4n) is 5.82. The first-order valence-electron chi connectivity index (χ1n) is 14.8. The van der Waals surface area contributed by atoms with Crippen LogP contribution in [0.25, 0.3) is 10.9 Å². The first-order chi connectivity index (χ1) is 20.7. The van der Waals surface area contributed by atoms with Crippen LogP contribution >= 0.6 is 11.6 Å². The molecule has 1 N–H and O–H groups in total. The van der Waals surface area contributed by atoms with Crippen molar-refractivity contribution >= 4 is 28.5 Å². The summed E-state index contributed by atoms with van der Waals surface area (Å²) in [5.74, 6) is -1.25. The van der Waals surface area contributed by atoms with Crippen LogP contribution in [-0.4, -0.2) is 50.8 Å². The molecule has 226 valence electrons. The van der Waals surface area contributed by atoms with Crippen LogP contribution in [0, 0.1) is 0 Å². The maximum Gasteiger partial charge on any atom is 0.332 e. The monoisotopic (exact) mass is 603 g/mol. The summed E-state index contributed by atoms with van der Waals surface area (Å²) >= 11 is 6.22. The van der Waals surface area contributed by atoms with Gasteiger partial charge in [0, 0.05) is 24.7 Å². The lowest BCUT2D eigenvalue weighted by molar-refractivity contribution is -0.146. The number of aromatic nitrogens is 2. The second-order valence-corrected chi connectivity index (χ2v) is 12.1. The highest BCUT2D eigenvalue weighted by Crippen LogP contribution is 2.30. The Kier molecular flexibility index (Phi) is 9.49. The highest BCUT2D eigenvalue weighted by atomic mass is 35.5. The number of carboxylic acids is 1. The molecule has 0 spiro atoms. The number of likely N-dealkylation sites (tertiary alicyclic amines) is 1. The number of carbonyl (C=O) groups is 1. The predicted molar refractivity (Wildman–Crippen MR) is 169 cm³/mol. The van der Waals surface area contributed by atoms with Crippen molar-refractivity contribution in [2.45, 2.75) is 63.8 Å². The van der Waals surface area contributed by atoms with E-state index in [0.717, 1.165) is 54.6 Å². The van der Waals surface area contributed by atoms with Gasteiger partial charge in [0.1, 0.15) is 11.6 Å². The van der Waals surface area contributed by atoms with Gasteiger partial charge in [0.15, 0.2) is 0 Å². The molecule has 0 bridgehead atoms. The SMILES string of the molecule is CC(C)(C(=O)O)n1c(=O)c2ccc(Cl)cc2n(CCCCN2CCC(OC(c3ccccc3)c3ccccc3)CC2)c1=O. The second kappa shape index (κ2) is 13.3. The molecular formula is C34H38ClN3O5. The number of unbranched alkanes of at least 4 members (excludes halogenated alkanes) is 1. The van der Waals surface area contributed by atoms with Gasteiger partial charge in [-0.25, -0.2) is 14.2 Å². The number of nitrogens with zero attached hydrogens (tertiary/aromatic N) is 3. The molecule has 3 aromatic carbocycles. The number of halogens is 1. The van der Waals surface area contributed by atoms with E-state index in [-0.39, 0.29) is 17.6 Å². The predicted octanol–water partition coefficient (Wildman–Crippen LogP) is 5.69. The molecule has 1 fully saturated rings. The zero-order valence-electron chi connectivity index (χ0n) is 24.6. The molecule has 1 aliphatic heterocycles. The van der Waals surface area contributed by atoms with Gasteiger partial charge in [-0.05, 0) is 75.4 Å². The zero-order chi connectivity index (χ0) is 30.6. The van der Waals surface area contributed by atoms with Crippen LogP contribution in [0.4, 0.5) is 0 Å². The summed E-state index contributed by atoms with van der Waals surface area (Å²) in [6.07, 6.45) is 3.47. The Bertz CT molecular complexity index is 1640. The molecule has 2 heterocycles. The second-order valence-electron chi connectivity index (χ2n) is 11.7. The summed E-state index contributed by atoms with van der Waals surface area (Å²) in [6, 6.07) is 25.4. The Hall–Kier alpha value is -3.72. The van der Waals surface area contributed by atoms with Crippen molar-refractivity contribution in [1.82, 2.24) is 14.0 Å². The van der Waals surface area contributed by atoms with Crippen molar-refractivity contribution in [3.8, 4) is 0 Å². The van der Waals surface area contributed by atoms with Gasteiger partial charge in [-0.15, -0.1) is 0 Å². The van der Waals surface area contributed by atoms with Crippen molar-refractivity contribution in [2.24, 2.45) is 0 Å². The summed E-state index contributed by atoms with van der Waals surface area (Å²) in [5, 5.41) is 10.4. The molecule has 0 unspecified atom stereocenters. The fraction of sp³-hybridized carbons (Fsp3) is 0.382. The molecule has 43 heavy (non-hydrogen) atoms. The molecule has 9 heteroatoms. The summed E-state index contributed by atoms with van der Waals surface area (Å²) < 4.78 is 9.01. The van der Waals surface area contributed by atoms with E-state index < -0.39 is 22.8 Å². The number of ether oxygens (including phenoxy) is 1. The Labute approximate surface area is 256 Å². The van der Waals surface area contributed by atoms with E-state index in [1.165, 1.54) is 18.4 Å². The molecule has 0 aliphatic carbocycles. The molecule has 1 saturated heterocycles. The Balaban J connectivity index is 1.21. The number of carboxylic acid groups (broad SMARTS) is 1. The van der Waals surface area contributed by atoms with E-state index >= 15 is 0 Å². The van der Waals surface area contributed by atoms with Gasteiger partial charge in [-0.2, -0.15) is 0 Å². The topological polar surface area (TPSA) is 93.8 Å². The minimum atomic E-state index is -1.70. The molecule has 1 aliphatic rings. The van der Waals surface area contributed by atoms with E-state index in [1.54, 1.807) is 18.2 Å². The van der Waals surface area contributed by atoms with E-state index in [0.29, 0.717) is 23.5 Å². The average Bonchev–Trinajstić information content (AvgIpc) is 3.00. The van der Waals surface area contributed by atoms with Crippen LogP contribution in [0.3, 0.4) is 0 Å². The first kappa shape index (κ1) is 30.7. The van der Waals surface area contributed by atoms with Crippen molar-refractivity contribution in [3.63, 3.8) is 0 Å². The van der Waals surface area contributed by atoms with Gasteiger partial charge < -0.3 is 14.7 Å². The molecule has 4 aromatic rings. The maximum atomic E-state index is 13.5. The molecule has 0 amide bonds. The number of hydrogen-bond acceptors (Lipinski definition) is 5. The first-order valence-corrected chi connectivity index (χ1v) is 15.2. The minimum Gasteiger partial charge on any atom is -0.480 e. The lowest BCUT2D eigenvalue weighted by Gasteiger charge is -2.34. The summed E-state index contributed by atoms with van der Waals surface area (Å²) in [4.78, 5) is 41.0. The normalized spacial score (nSPS) is 14.9. The van der Waals surface area contributed by atoms with Crippen LogP contribution in [0.15, 0.2) is 88.5 Å². The number of aryl methyl sites for hydroxylation is 1. The third-order valence-electron chi connectivity index (χ3n) is 8.36. The molecule has 5 rings (SSSR count). The molecule has 0 radical (unpaired) electrons. The number of aliphatic carboxylic acids is 1. The van der Waals surface area contributed by atoms with Crippen LogP contribution in [0.2, 0.25) is 5.02 Å². The lowest BCUT2D eigenvalue weighted by atomic mass is 10.00. The van der Waals surface area contributed by atoms with Gasteiger partial charge in [0.05, 0.1) is 17.0 Å². The number of benzene rings is 3. The van der Waals surface area contributed by atoms with Gasteiger partial charge in [0.2, 0.25) is 0 Å². The van der Waals surface area contributed by atoms with E-state index in [2.05, 4.69) is 29.2 Å². The minimum absolute atomic E-state index is 0.102. The van der Waals surface area contributed by atoms with Gasteiger partial charge >= 0.3 is 11.7 Å². The van der Waals surface area contributed by atoms with E-state index in [9.17, 15) is 19.5 Å². The summed E-state index contributed by atoms with van der Waals surface area (Å²) in [7, 11) is 0. The Morgan fingerprint density at radius 1 is 0.930 bits per heavy atom. The highest BCUT2D eigenvalue weighted by molar-refractivity contribution is 6.31. The molecule has 1 aromatic heterocycles. The molecule has 0 saturated carbocycles. The van der Waals surface area contributed by atoms with Crippen LogP contribution in [-0.2, 0) is 21.6 Å². The van der Waals surface area contributed by atoms with E-state index in [1.807, 2.05) is 36.4 Å². The van der Waals surface area contributed by atoms with Crippen LogP contribution in [0.5, 0.6) is 0 Å². The Morgan fingerprint density at radius 2 is 1.51 bits per heavy atom. The van der Waals surface area contributed by atoms with Gasteiger partial charge in [0.25, 0.3) is 5.56 Å². The van der Waals surface area contributed by atoms with Crippen molar-refractivity contribution in [2.75, 3.05) is 19.6 Å². The summed E-state index contributed by atoms with van der Waals surface area (Å²) in [6.45, 7) is 5.80. The third kappa shape index (κ3) is 6.77. The van der Waals surface area contributed by atoms with E-state index in [4.69, 9.17) is 16.3 Å². The number of fused-ring (bicyclic) bond motifs is 1.